The van der Waals surface area contributed by atoms with Crippen LogP contribution >= 0.6 is 0 Å². The number of azo groups is 1. The van der Waals surface area contributed by atoms with E-state index in [0.29, 0.717) is 12.2 Å². The topological polar surface area (TPSA) is 51.0 Å². The number of rotatable bonds is 15. The number of aldehydes is 1. The zero-order valence-corrected chi connectivity index (χ0v) is 19.1. The molecule has 0 fully saturated rings. The number of nitrogens with zero attached hydrogens (tertiary/aromatic N) is 2. The van der Waals surface area contributed by atoms with E-state index in [0.717, 1.165) is 48.9 Å². The monoisotopic (exact) mass is 420 g/mol. The fraction of sp³-hybridized carbons (Fsp3) is 0.444. The van der Waals surface area contributed by atoms with E-state index in [-0.39, 0.29) is 6.10 Å². The minimum Gasteiger partial charge on any atom is -0.491 e. The van der Waals surface area contributed by atoms with E-state index < -0.39 is 0 Å². The third-order valence-corrected chi connectivity index (χ3v) is 5.25. The highest BCUT2D eigenvalue weighted by Crippen LogP contribution is 2.23. The molecule has 2 aromatic rings. The summed E-state index contributed by atoms with van der Waals surface area (Å²) >= 11 is 0. The molecule has 0 heterocycles. The molecule has 0 aliphatic rings. The van der Waals surface area contributed by atoms with Crippen LogP contribution in [0.1, 0.15) is 76.3 Å². The molecule has 0 bridgehead atoms. The van der Waals surface area contributed by atoms with Gasteiger partial charge in [0.15, 0.2) is 0 Å². The van der Waals surface area contributed by atoms with Crippen molar-refractivity contribution in [2.45, 2.75) is 77.7 Å². The van der Waals surface area contributed by atoms with Crippen molar-refractivity contribution in [2.75, 3.05) is 0 Å². The van der Waals surface area contributed by atoms with Crippen LogP contribution in [0.5, 0.6) is 0 Å². The maximum absolute atomic E-state index is 10.4. The lowest BCUT2D eigenvalue weighted by Crippen LogP contribution is -2.06. The number of hydrogen-bond acceptors (Lipinski definition) is 4. The summed E-state index contributed by atoms with van der Waals surface area (Å²) < 4.78 is 5.97. The second-order valence-electron chi connectivity index (χ2n) is 8.03. The maximum Gasteiger partial charge on any atom is 0.119 e. The normalized spacial score (nSPS) is 12.1. The average molecular weight is 421 g/mol. The van der Waals surface area contributed by atoms with Crippen LogP contribution in [0.25, 0.3) is 5.76 Å². The number of carbonyl (C=O) groups excluding carboxylic acids is 1. The molecule has 0 saturated heterocycles. The van der Waals surface area contributed by atoms with Crippen LogP contribution in [0.4, 0.5) is 11.4 Å². The minimum absolute atomic E-state index is 0.178. The van der Waals surface area contributed by atoms with Crippen molar-refractivity contribution in [3.63, 3.8) is 0 Å². The lowest BCUT2D eigenvalue weighted by molar-refractivity contribution is -0.107. The van der Waals surface area contributed by atoms with Gasteiger partial charge in [-0.2, -0.15) is 10.2 Å². The summed E-state index contributed by atoms with van der Waals surface area (Å²) in [4.78, 5) is 10.4. The van der Waals surface area contributed by atoms with Crippen molar-refractivity contribution in [1.29, 1.82) is 0 Å². The summed E-state index contributed by atoms with van der Waals surface area (Å²) in [6.45, 7) is 8.41. The third kappa shape index (κ3) is 9.73. The Kier molecular flexibility index (Phi) is 11.3. The number of aryl methyl sites for hydroxylation is 1. The molecule has 0 aromatic heterocycles. The summed E-state index contributed by atoms with van der Waals surface area (Å²) in [6, 6.07) is 15.9. The van der Waals surface area contributed by atoms with E-state index in [2.05, 4.69) is 42.8 Å². The third-order valence-electron chi connectivity index (χ3n) is 5.25. The zero-order chi connectivity index (χ0) is 22.3. The van der Waals surface area contributed by atoms with Crippen molar-refractivity contribution in [2.24, 2.45) is 10.2 Å². The summed E-state index contributed by atoms with van der Waals surface area (Å²) in [5.41, 5.74) is 3.85. The highest BCUT2D eigenvalue weighted by molar-refractivity contribution is 5.59. The zero-order valence-electron chi connectivity index (χ0n) is 19.1. The molecule has 0 aliphatic carbocycles. The van der Waals surface area contributed by atoms with Crippen LogP contribution in [-0.4, -0.2) is 12.4 Å². The smallest absolute Gasteiger partial charge is 0.119 e. The molecule has 1 unspecified atom stereocenters. The van der Waals surface area contributed by atoms with Gasteiger partial charge in [-0.15, -0.1) is 0 Å². The Morgan fingerprint density at radius 2 is 1.58 bits per heavy atom. The Morgan fingerprint density at radius 3 is 2.19 bits per heavy atom. The van der Waals surface area contributed by atoms with Gasteiger partial charge in [-0.1, -0.05) is 44.9 Å². The van der Waals surface area contributed by atoms with Gasteiger partial charge >= 0.3 is 0 Å². The van der Waals surface area contributed by atoms with Gasteiger partial charge in [-0.05, 0) is 81.0 Å². The number of benzene rings is 2. The molecule has 0 amide bonds. The number of unbranched alkanes of at least 4 members (excludes halogenated alkanes) is 5. The molecule has 0 radical (unpaired) electrons. The first kappa shape index (κ1) is 24.5. The van der Waals surface area contributed by atoms with Crippen molar-refractivity contribution in [3.05, 3.63) is 66.2 Å². The van der Waals surface area contributed by atoms with Crippen LogP contribution < -0.4 is 0 Å². The Morgan fingerprint density at radius 1 is 0.935 bits per heavy atom. The lowest BCUT2D eigenvalue weighted by Gasteiger charge is -2.16. The van der Waals surface area contributed by atoms with Gasteiger partial charge in [0.05, 0.1) is 17.5 Å². The summed E-state index contributed by atoms with van der Waals surface area (Å²) in [6.07, 6.45) is 10.8. The number of ether oxygens (including phenoxy) is 1. The highest BCUT2D eigenvalue weighted by Gasteiger charge is 2.07. The quantitative estimate of drug-likeness (QED) is 0.126. The Hall–Kier alpha value is -2.75. The SMILES string of the molecule is C=C(OC(C)CCCCCC)c1ccc(/N=N/c2ccc(CCCCC=O)cc2)cc1. The lowest BCUT2D eigenvalue weighted by atomic mass is 10.1. The van der Waals surface area contributed by atoms with E-state index in [9.17, 15) is 4.79 Å². The predicted octanol–water partition coefficient (Wildman–Crippen LogP) is 8.36. The van der Waals surface area contributed by atoms with Crippen LogP contribution in [0.3, 0.4) is 0 Å². The largest absolute Gasteiger partial charge is 0.491 e. The second kappa shape index (κ2) is 14.3. The first-order chi connectivity index (χ1) is 15.1. The number of carbonyl (C=O) groups is 1. The maximum atomic E-state index is 10.4. The molecule has 31 heavy (non-hydrogen) atoms. The standard InChI is InChI=1S/C27H36N2O2/c1-4-5-6-8-11-22(2)31-23(3)25-15-19-27(20-16-25)29-28-26-17-13-24(14-18-26)12-9-7-10-21-30/h13-22H,3-12H2,1-2H3/b29-28+. The van der Waals surface area contributed by atoms with E-state index in [4.69, 9.17) is 4.74 Å². The molecular formula is C27H36N2O2. The molecule has 0 saturated carbocycles. The van der Waals surface area contributed by atoms with Gasteiger partial charge < -0.3 is 9.53 Å². The predicted molar refractivity (Wildman–Crippen MR) is 129 cm³/mol. The molecule has 166 valence electrons. The van der Waals surface area contributed by atoms with Crippen LogP contribution in [0.2, 0.25) is 0 Å². The molecule has 0 aliphatic heterocycles. The van der Waals surface area contributed by atoms with E-state index >= 15 is 0 Å². The minimum atomic E-state index is 0.178. The molecule has 0 N–H and O–H groups in total. The van der Waals surface area contributed by atoms with Gasteiger partial charge in [0.2, 0.25) is 0 Å². The fourth-order valence-corrected chi connectivity index (χ4v) is 3.34. The second-order valence-corrected chi connectivity index (χ2v) is 8.03. The fourth-order valence-electron chi connectivity index (χ4n) is 3.34. The Balaban J connectivity index is 1.81. The van der Waals surface area contributed by atoms with Crippen molar-refractivity contribution < 1.29 is 9.53 Å². The first-order valence-corrected chi connectivity index (χ1v) is 11.5. The summed E-state index contributed by atoms with van der Waals surface area (Å²) in [5.74, 6) is 0.704. The molecule has 4 heteroatoms. The van der Waals surface area contributed by atoms with Crippen LogP contribution in [-0.2, 0) is 16.0 Å². The number of hydrogen-bond donors (Lipinski definition) is 0. The van der Waals surface area contributed by atoms with Gasteiger partial charge in [0, 0.05) is 12.0 Å². The average Bonchev–Trinajstić information content (AvgIpc) is 2.79. The molecular weight excluding hydrogens is 384 g/mol. The first-order valence-electron chi connectivity index (χ1n) is 11.5. The van der Waals surface area contributed by atoms with E-state index in [1.54, 1.807) is 0 Å². The molecule has 2 rings (SSSR count). The molecule has 4 nitrogen and oxygen atoms in total. The van der Waals surface area contributed by atoms with Crippen LogP contribution in [0, 0.1) is 0 Å². The molecule has 1 atom stereocenters. The van der Waals surface area contributed by atoms with Gasteiger partial charge in [-0.25, -0.2) is 0 Å². The van der Waals surface area contributed by atoms with Gasteiger partial charge in [0.25, 0.3) is 0 Å². The summed E-state index contributed by atoms with van der Waals surface area (Å²) in [7, 11) is 0. The van der Waals surface area contributed by atoms with Crippen LogP contribution in [0.15, 0.2) is 65.3 Å². The van der Waals surface area contributed by atoms with Crippen molar-refractivity contribution in [3.8, 4) is 0 Å². The Labute approximate surface area is 187 Å². The van der Waals surface area contributed by atoms with E-state index in [1.165, 1.54) is 31.2 Å². The highest BCUT2D eigenvalue weighted by atomic mass is 16.5. The molecule has 2 aromatic carbocycles. The van der Waals surface area contributed by atoms with Crippen molar-refractivity contribution >= 4 is 23.4 Å². The summed E-state index contributed by atoms with van der Waals surface area (Å²) in [5, 5.41) is 8.65. The Bertz CT molecular complexity index is 810. The molecule has 0 spiro atoms. The van der Waals surface area contributed by atoms with E-state index in [1.807, 2.05) is 36.4 Å². The van der Waals surface area contributed by atoms with Gasteiger partial charge in [0.1, 0.15) is 12.0 Å². The van der Waals surface area contributed by atoms with Crippen molar-refractivity contribution in [1.82, 2.24) is 0 Å². The van der Waals surface area contributed by atoms with Gasteiger partial charge in [-0.3, -0.25) is 0 Å².